The van der Waals surface area contributed by atoms with Crippen molar-refractivity contribution in [1.29, 1.82) is 0 Å². The molecule has 0 aliphatic heterocycles. The third-order valence-corrected chi connectivity index (χ3v) is 4.72. The predicted octanol–water partition coefficient (Wildman–Crippen LogP) is 4.45. The zero-order chi connectivity index (χ0) is 13.8. The van der Waals surface area contributed by atoms with Gasteiger partial charge >= 0.3 is 0 Å². The molecule has 0 spiro atoms. The third kappa shape index (κ3) is 3.81. The van der Waals surface area contributed by atoms with Gasteiger partial charge in [-0.05, 0) is 38.5 Å². The monoisotopic (exact) mass is 357 g/mol. The summed E-state index contributed by atoms with van der Waals surface area (Å²) in [4.78, 5) is 13.9. The van der Waals surface area contributed by atoms with Crippen LogP contribution in [-0.2, 0) is 11.3 Å². The van der Waals surface area contributed by atoms with Gasteiger partial charge in [0, 0.05) is 13.6 Å². The number of likely N-dealkylation sites (N-methyl/N-ethyl adjacent to an activating group) is 1. The number of hydrogen-bond acceptors (Lipinski definition) is 2. The number of amides is 1. The van der Waals surface area contributed by atoms with Crippen LogP contribution in [0.3, 0.4) is 0 Å². The first-order valence-corrected chi connectivity index (χ1v) is 7.85. The van der Waals surface area contributed by atoms with Crippen molar-refractivity contribution in [3.05, 3.63) is 56.7 Å². The second kappa shape index (κ2) is 6.55. The van der Waals surface area contributed by atoms with Crippen molar-refractivity contribution in [2.45, 2.75) is 11.9 Å². The first-order chi connectivity index (χ1) is 9.08. The summed E-state index contributed by atoms with van der Waals surface area (Å²) >= 11 is 11.2. The van der Waals surface area contributed by atoms with E-state index in [1.807, 2.05) is 41.8 Å². The lowest BCUT2D eigenvalue weighted by atomic mass is 10.1. The van der Waals surface area contributed by atoms with Gasteiger partial charge in [0.25, 0.3) is 0 Å². The molecule has 0 aliphatic rings. The Hall–Kier alpha value is -0.840. The lowest BCUT2D eigenvalue weighted by Crippen LogP contribution is -2.29. The van der Waals surface area contributed by atoms with Gasteiger partial charge in [0.2, 0.25) is 5.91 Å². The molecule has 0 N–H and O–H groups in total. The van der Waals surface area contributed by atoms with Gasteiger partial charge < -0.3 is 4.90 Å². The SMILES string of the molecule is CN(Cc1csc(Br)c1)C(=O)C(Cl)c1ccccc1. The van der Waals surface area contributed by atoms with Gasteiger partial charge in [-0.2, -0.15) is 0 Å². The van der Waals surface area contributed by atoms with Crippen LogP contribution in [-0.4, -0.2) is 17.9 Å². The maximum Gasteiger partial charge on any atom is 0.245 e. The predicted molar refractivity (Wildman–Crippen MR) is 83.5 cm³/mol. The highest BCUT2D eigenvalue weighted by molar-refractivity contribution is 9.11. The lowest BCUT2D eigenvalue weighted by Gasteiger charge is -2.20. The average molecular weight is 359 g/mol. The van der Waals surface area contributed by atoms with E-state index < -0.39 is 5.38 Å². The van der Waals surface area contributed by atoms with Crippen LogP contribution in [0.25, 0.3) is 0 Å². The summed E-state index contributed by atoms with van der Waals surface area (Å²) in [5.74, 6) is -0.0878. The zero-order valence-corrected chi connectivity index (χ0v) is 13.5. The van der Waals surface area contributed by atoms with E-state index in [9.17, 15) is 4.79 Å². The van der Waals surface area contributed by atoms with Gasteiger partial charge in [0.1, 0.15) is 5.38 Å². The van der Waals surface area contributed by atoms with Crippen LogP contribution in [0.5, 0.6) is 0 Å². The minimum absolute atomic E-state index is 0.0878. The summed E-state index contributed by atoms with van der Waals surface area (Å²) in [6, 6.07) is 11.4. The van der Waals surface area contributed by atoms with E-state index in [1.54, 1.807) is 23.3 Å². The topological polar surface area (TPSA) is 20.3 Å². The average Bonchev–Trinajstić information content (AvgIpc) is 2.83. The zero-order valence-electron chi connectivity index (χ0n) is 10.3. The van der Waals surface area contributed by atoms with Crippen molar-refractivity contribution < 1.29 is 4.79 Å². The summed E-state index contributed by atoms with van der Waals surface area (Å²) in [7, 11) is 1.77. The second-order valence-electron chi connectivity index (χ2n) is 4.23. The van der Waals surface area contributed by atoms with Crippen LogP contribution in [0.15, 0.2) is 45.6 Å². The van der Waals surface area contributed by atoms with E-state index in [0.29, 0.717) is 6.54 Å². The first-order valence-electron chi connectivity index (χ1n) is 5.75. The van der Waals surface area contributed by atoms with Crippen LogP contribution < -0.4 is 0 Å². The highest BCUT2D eigenvalue weighted by Crippen LogP contribution is 2.25. The Morgan fingerprint density at radius 2 is 2.11 bits per heavy atom. The van der Waals surface area contributed by atoms with E-state index >= 15 is 0 Å². The molecular formula is C14H13BrClNOS. The number of nitrogens with zero attached hydrogens (tertiary/aromatic N) is 1. The third-order valence-electron chi connectivity index (χ3n) is 2.73. The number of hydrogen-bond donors (Lipinski definition) is 0. The molecule has 2 nitrogen and oxygen atoms in total. The molecule has 2 aromatic rings. The number of halogens is 2. The van der Waals surface area contributed by atoms with Gasteiger partial charge in [-0.1, -0.05) is 30.3 Å². The smallest absolute Gasteiger partial charge is 0.245 e. The van der Waals surface area contributed by atoms with E-state index in [0.717, 1.165) is 14.9 Å². The molecule has 1 unspecified atom stereocenters. The molecule has 1 atom stereocenters. The summed E-state index contributed by atoms with van der Waals surface area (Å²) in [6.45, 7) is 0.566. The van der Waals surface area contributed by atoms with Crippen molar-refractivity contribution in [1.82, 2.24) is 4.90 Å². The molecule has 1 amide bonds. The Labute approximate surface area is 130 Å². The van der Waals surface area contributed by atoms with Crippen LogP contribution in [0, 0.1) is 0 Å². The van der Waals surface area contributed by atoms with E-state index in [4.69, 9.17) is 11.6 Å². The van der Waals surface area contributed by atoms with Gasteiger partial charge in [0.05, 0.1) is 3.79 Å². The molecule has 1 heterocycles. The molecular weight excluding hydrogens is 346 g/mol. The van der Waals surface area contributed by atoms with Crippen LogP contribution >= 0.6 is 38.9 Å². The molecule has 1 aromatic heterocycles. The fraction of sp³-hybridized carbons (Fsp3) is 0.214. The van der Waals surface area contributed by atoms with Gasteiger partial charge in [-0.15, -0.1) is 22.9 Å². The Bertz CT molecular complexity index is 558. The summed E-state index contributed by atoms with van der Waals surface area (Å²) < 4.78 is 1.06. The molecule has 0 saturated heterocycles. The fourth-order valence-electron chi connectivity index (χ4n) is 1.74. The van der Waals surface area contributed by atoms with Crippen molar-refractivity contribution in [2.24, 2.45) is 0 Å². The largest absolute Gasteiger partial charge is 0.340 e. The number of carbonyl (C=O) groups excluding carboxylic acids is 1. The Morgan fingerprint density at radius 3 is 2.68 bits per heavy atom. The van der Waals surface area contributed by atoms with E-state index in [1.165, 1.54) is 0 Å². The molecule has 2 rings (SSSR count). The van der Waals surface area contributed by atoms with Crippen LogP contribution in [0.2, 0.25) is 0 Å². The molecule has 0 aliphatic carbocycles. The van der Waals surface area contributed by atoms with Gasteiger partial charge in [0.15, 0.2) is 0 Å². The number of rotatable bonds is 4. The van der Waals surface area contributed by atoms with Crippen molar-refractivity contribution in [3.8, 4) is 0 Å². The number of carbonyl (C=O) groups is 1. The van der Waals surface area contributed by atoms with Crippen molar-refractivity contribution >= 4 is 44.8 Å². The molecule has 0 bridgehead atoms. The molecule has 0 radical (unpaired) electrons. The van der Waals surface area contributed by atoms with Crippen LogP contribution in [0.4, 0.5) is 0 Å². The highest BCUT2D eigenvalue weighted by Gasteiger charge is 2.21. The normalized spacial score (nSPS) is 12.2. The number of benzene rings is 1. The maximum absolute atomic E-state index is 12.2. The molecule has 0 fully saturated rings. The van der Waals surface area contributed by atoms with Crippen molar-refractivity contribution in [3.63, 3.8) is 0 Å². The Balaban J connectivity index is 2.03. The lowest BCUT2D eigenvalue weighted by molar-refractivity contribution is -0.130. The number of alkyl halides is 1. The maximum atomic E-state index is 12.2. The molecule has 5 heteroatoms. The minimum Gasteiger partial charge on any atom is -0.340 e. The van der Waals surface area contributed by atoms with Gasteiger partial charge in [-0.3, -0.25) is 4.79 Å². The van der Waals surface area contributed by atoms with Gasteiger partial charge in [-0.25, -0.2) is 0 Å². The summed E-state index contributed by atoms with van der Waals surface area (Å²) in [5, 5.41) is 1.40. The molecule has 100 valence electrons. The standard InChI is InChI=1S/C14H13BrClNOS/c1-17(8-10-7-12(15)19-9-10)14(18)13(16)11-5-3-2-4-6-11/h2-7,9,13H,8H2,1H3. The summed E-state index contributed by atoms with van der Waals surface area (Å²) in [6.07, 6.45) is 0. The Morgan fingerprint density at radius 1 is 1.42 bits per heavy atom. The molecule has 0 saturated carbocycles. The minimum atomic E-state index is -0.631. The quantitative estimate of drug-likeness (QED) is 0.739. The molecule has 19 heavy (non-hydrogen) atoms. The number of thiophene rings is 1. The fourth-order valence-corrected chi connectivity index (χ4v) is 3.25. The first kappa shape index (κ1) is 14.6. The second-order valence-corrected chi connectivity index (χ2v) is 6.95. The Kier molecular flexibility index (Phi) is 5.02. The highest BCUT2D eigenvalue weighted by atomic mass is 79.9. The van der Waals surface area contributed by atoms with Crippen molar-refractivity contribution in [2.75, 3.05) is 7.05 Å². The van der Waals surface area contributed by atoms with Crippen LogP contribution in [0.1, 0.15) is 16.5 Å². The van der Waals surface area contributed by atoms with E-state index in [-0.39, 0.29) is 5.91 Å². The molecule has 1 aromatic carbocycles. The van der Waals surface area contributed by atoms with E-state index in [2.05, 4.69) is 15.9 Å². The summed E-state index contributed by atoms with van der Waals surface area (Å²) in [5.41, 5.74) is 1.93.